The third-order valence-electron chi connectivity index (χ3n) is 4.49. The Morgan fingerprint density at radius 1 is 1.26 bits per heavy atom. The fraction of sp³-hybridized carbons (Fsp3) is 0.353. The Hall–Kier alpha value is -2.07. The first kappa shape index (κ1) is 19.7. The van der Waals surface area contributed by atoms with Crippen LogP contribution in [0.25, 0.3) is 0 Å². The van der Waals surface area contributed by atoms with E-state index in [2.05, 4.69) is 9.88 Å². The SMILES string of the molecule is C[C@H]1CN(Cc2ccc(Cl)nc2)CCN1S(=O)(=O)c1ccccc1[N+](=O)[O-]. The largest absolute Gasteiger partial charge is 0.296 e. The highest BCUT2D eigenvalue weighted by molar-refractivity contribution is 7.89. The zero-order chi connectivity index (χ0) is 19.6. The molecule has 0 unspecified atom stereocenters. The Balaban J connectivity index is 1.76. The smallest absolute Gasteiger partial charge is 0.289 e. The molecule has 1 aliphatic heterocycles. The Morgan fingerprint density at radius 2 is 2.00 bits per heavy atom. The van der Waals surface area contributed by atoms with Crippen molar-refractivity contribution in [3.63, 3.8) is 0 Å². The Kier molecular flexibility index (Phi) is 5.75. The van der Waals surface area contributed by atoms with Crippen molar-refractivity contribution in [1.82, 2.24) is 14.2 Å². The van der Waals surface area contributed by atoms with Crippen molar-refractivity contribution in [3.8, 4) is 0 Å². The summed E-state index contributed by atoms with van der Waals surface area (Å²) in [7, 11) is -3.95. The molecule has 1 saturated heterocycles. The molecule has 8 nitrogen and oxygen atoms in total. The minimum Gasteiger partial charge on any atom is -0.296 e. The van der Waals surface area contributed by atoms with Gasteiger partial charge < -0.3 is 0 Å². The predicted molar refractivity (Wildman–Crippen MR) is 101 cm³/mol. The summed E-state index contributed by atoms with van der Waals surface area (Å²) in [5, 5.41) is 11.6. The van der Waals surface area contributed by atoms with Gasteiger partial charge in [-0.2, -0.15) is 4.31 Å². The topological polar surface area (TPSA) is 96.7 Å². The number of rotatable bonds is 5. The van der Waals surface area contributed by atoms with E-state index < -0.39 is 20.6 Å². The summed E-state index contributed by atoms with van der Waals surface area (Å²) in [6, 6.07) is 8.73. The standard InChI is InChI=1S/C17H19ClN4O4S/c1-13-11-20(12-14-6-7-17(18)19-10-14)8-9-21(13)27(25,26)16-5-3-2-4-15(16)22(23)24/h2-7,10,13H,8-9,11-12H2,1H3/t13-/m0/s1. The molecule has 0 amide bonds. The zero-order valence-corrected chi connectivity index (χ0v) is 16.2. The molecule has 1 aliphatic rings. The lowest BCUT2D eigenvalue weighted by Crippen LogP contribution is -2.53. The van der Waals surface area contributed by atoms with Gasteiger partial charge in [0, 0.05) is 44.5 Å². The number of pyridine rings is 1. The summed E-state index contributed by atoms with van der Waals surface area (Å²) in [5.41, 5.74) is 0.584. The van der Waals surface area contributed by atoms with E-state index >= 15 is 0 Å². The van der Waals surface area contributed by atoms with Crippen LogP contribution in [0, 0.1) is 10.1 Å². The minimum absolute atomic E-state index is 0.260. The van der Waals surface area contributed by atoms with Crippen LogP contribution in [0.1, 0.15) is 12.5 Å². The van der Waals surface area contributed by atoms with Crippen LogP contribution in [0.2, 0.25) is 5.15 Å². The third kappa shape index (κ3) is 4.27. The molecule has 0 saturated carbocycles. The number of para-hydroxylation sites is 1. The lowest BCUT2D eigenvalue weighted by atomic mass is 10.2. The Morgan fingerprint density at radius 3 is 2.63 bits per heavy atom. The molecular weight excluding hydrogens is 392 g/mol. The predicted octanol–water partition coefficient (Wildman–Crippen LogP) is 2.54. The molecular formula is C17H19ClN4O4S. The van der Waals surface area contributed by atoms with Gasteiger partial charge in [0.1, 0.15) is 5.15 Å². The Bertz CT molecular complexity index is 936. The van der Waals surface area contributed by atoms with E-state index in [1.165, 1.54) is 28.6 Å². The fourth-order valence-electron chi connectivity index (χ4n) is 3.23. The van der Waals surface area contributed by atoms with Gasteiger partial charge in [-0.15, -0.1) is 0 Å². The minimum atomic E-state index is -3.95. The molecule has 10 heteroatoms. The second kappa shape index (κ2) is 7.89. The molecule has 144 valence electrons. The second-order valence-corrected chi connectivity index (χ2v) is 8.66. The van der Waals surface area contributed by atoms with Crippen LogP contribution in [0.3, 0.4) is 0 Å². The van der Waals surface area contributed by atoms with Crippen molar-refractivity contribution in [2.24, 2.45) is 0 Å². The average molecular weight is 411 g/mol. The number of hydrogen-bond donors (Lipinski definition) is 0. The normalized spacial score (nSPS) is 19.1. The van der Waals surface area contributed by atoms with Gasteiger partial charge >= 0.3 is 0 Å². The second-order valence-electron chi connectivity index (χ2n) is 6.41. The maximum absolute atomic E-state index is 13.0. The number of nitro groups is 1. The number of nitrogens with zero attached hydrogens (tertiary/aromatic N) is 4. The fourth-order valence-corrected chi connectivity index (χ4v) is 5.11. The maximum atomic E-state index is 13.0. The first-order valence-electron chi connectivity index (χ1n) is 8.37. The number of sulfonamides is 1. The molecule has 1 fully saturated rings. The van der Waals surface area contributed by atoms with Gasteiger partial charge in [-0.3, -0.25) is 15.0 Å². The van der Waals surface area contributed by atoms with Crippen LogP contribution in [-0.2, 0) is 16.6 Å². The molecule has 0 aliphatic carbocycles. The lowest BCUT2D eigenvalue weighted by molar-refractivity contribution is -0.387. The van der Waals surface area contributed by atoms with Gasteiger partial charge in [-0.25, -0.2) is 13.4 Å². The van der Waals surface area contributed by atoms with Crippen LogP contribution in [0.4, 0.5) is 5.69 Å². The molecule has 2 aromatic rings. The highest BCUT2D eigenvalue weighted by Crippen LogP contribution is 2.29. The first-order chi connectivity index (χ1) is 12.8. The van der Waals surface area contributed by atoms with E-state index in [1.807, 2.05) is 6.07 Å². The summed E-state index contributed by atoms with van der Waals surface area (Å²) >= 11 is 5.79. The highest BCUT2D eigenvalue weighted by Gasteiger charge is 2.37. The van der Waals surface area contributed by atoms with E-state index in [0.29, 0.717) is 24.8 Å². The van der Waals surface area contributed by atoms with Crippen LogP contribution in [0.15, 0.2) is 47.5 Å². The number of piperazine rings is 1. The van der Waals surface area contributed by atoms with E-state index in [-0.39, 0.29) is 17.5 Å². The molecule has 0 radical (unpaired) electrons. The Labute approximate surface area is 162 Å². The number of halogens is 1. The van der Waals surface area contributed by atoms with Gasteiger partial charge in [-0.1, -0.05) is 29.8 Å². The van der Waals surface area contributed by atoms with E-state index in [1.54, 1.807) is 19.2 Å². The molecule has 0 spiro atoms. The lowest BCUT2D eigenvalue weighted by Gasteiger charge is -2.38. The third-order valence-corrected chi connectivity index (χ3v) is 6.78. The van der Waals surface area contributed by atoms with Gasteiger partial charge in [0.25, 0.3) is 5.69 Å². The van der Waals surface area contributed by atoms with Crippen LogP contribution in [0.5, 0.6) is 0 Å². The number of aromatic nitrogens is 1. The van der Waals surface area contributed by atoms with Crippen molar-refractivity contribution < 1.29 is 13.3 Å². The molecule has 1 aromatic carbocycles. The number of nitro benzene ring substituents is 1. The van der Waals surface area contributed by atoms with Crippen molar-refractivity contribution in [2.75, 3.05) is 19.6 Å². The molecule has 0 N–H and O–H groups in total. The van der Waals surface area contributed by atoms with Gasteiger partial charge in [0.05, 0.1) is 4.92 Å². The summed E-state index contributed by atoms with van der Waals surface area (Å²) in [4.78, 5) is 16.5. The molecule has 27 heavy (non-hydrogen) atoms. The van der Waals surface area contributed by atoms with Crippen molar-refractivity contribution in [2.45, 2.75) is 24.4 Å². The summed E-state index contributed by atoms with van der Waals surface area (Å²) in [6.07, 6.45) is 1.70. The van der Waals surface area contributed by atoms with Gasteiger partial charge in [0.2, 0.25) is 10.0 Å². The molecule has 1 aromatic heterocycles. The summed E-state index contributed by atoms with van der Waals surface area (Å²) in [5.74, 6) is 0. The quantitative estimate of drug-likeness (QED) is 0.427. The highest BCUT2D eigenvalue weighted by atomic mass is 35.5. The number of benzene rings is 1. The van der Waals surface area contributed by atoms with Gasteiger partial charge in [0.15, 0.2) is 4.90 Å². The van der Waals surface area contributed by atoms with Crippen molar-refractivity contribution in [3.05, 3.63) is 63.4 Å². The summed E-state index contributed by atoms with van der Waals surface area (Å²) < 4.78 is 27.3. The van der Waals surface area contributed by atoms with Crippen LogP contribution < -0.4 is 0 Å². The molecule has 3 rings (SSSR count). The maximum Gasteiger partial charge on any atom is 0.289 e. The monoisotopic (exact) mass is 410 g/mol. The average Bonchev–Trinajstić information content (AvgIpc) is 2.63. The van der Waals surface area contributed by atoms with Crippen molar-refractivity contribution in [1.29, 1.82) is 0 Å². The van der Waals surface area contributed by atoms with E-state index in [0.717, 1.165) is 5.56 Å². The molecule has 1 atom stereocenters. The number of hydrogen-bond acceptors (Lipinski definition) is 6. The first-order valence-corrected chi connectivity index (χ1v) is 10.2. The van der Waals surface area contributed by atoms with E-state index in [4.69, 9.17) is 11.6 Å². The zero-order valence-electron chi connectivity index (χ0n) is 14.7. The van der Waals surface area contributed by atoms with E-state index in [9.17, 15) is 18.5 Å². The molecule has 0 bridgehead atoms. The molecule has 2 heterocycles. The van der Waals surface area contributed by atoms with Crippen LogP contribution in [-0.4, -0.2) is 53.2 Å². The van der Waals surface area contributed by atoms with Crippen molar-refractivity contribution >= 4 is 27.3 Å². The summed E-state index contributed by atoms with van der Waals surface area (Å²) in [6.45, 7) is 3.73. The van der Waals surface area contributed by atoms with Gasteiger partial charge in [-0.05, 0) is 24.6 Å². The van der Waals surface area contributed by atoms with Crippen LogP contribution >= 0.6 is 11.6 Å².